The average Bonchev–Trinajstić information content (AvgIpc) is 3.33. The molecule has 5 heteroatoms. The molecule has 1 amide bonds. The molecule has 1 aliphatic carbocycles. The Morgan fingerprint density at radius 1 is 1.25 bits per heavy atom. The van der Waals surface area contributed by atoms with Crippen molar-refractivity contribution in [2.45, 2.75) is 26.2 Å². The van der Waals surface area contributed by atoms with Gasteiger partial charge in [0.15, 0.2) is 0 Å². The summed E-state index contributed by atoms with van der Waals surface area (Å²) in [5.74, 6) is 0.191. The first kappa shape index (κ1) is 16.8. The van der Waals surface area contributed by atoms with Gasteiger partial charge in [0, 0.05) is 19.0 Å². The van der Waals surface area contributed by atoms with E-state index in [2.05, 4.69) is 0 Å². The maximum absolute atomic E-state index is 12.6. The van der Waals surface area contributed by atoms with Gasteiger partial charge in [-0.15, -0.1) is 0 Å². The molecule has 0 aromatic heterocycles. The van der Waals surface area contributed by atoms with E-state index in [0.29, 0.717) is 32.0 Å². The van der Waals surface area contributed by atoms with Crippen LogP contribution in [0.1, 0.15) is 26.2 Å². The van der Waals surface area contributed by atoms with Gasteiger partial charge in [0.1, 0.15) is 5.75 Å². The van der Waals surface area contributed by atoms with Crippen molar-refractivity contribution in [3.63, 3.8) is 0 Å². The number of carbonyl (C=O) groups excluding carboxylic acids is 1. The topological polar surface area (TPSA) is 66.8 Å². The largest absolute Gasteiger partial charge is 0.494 e. The molecule has 1 aromatic carbocycles. The number of rotatable bonds is 7. The first-order valence-electron chi connectivity index (χ1n) is 8.75. The number of nitrogens with zero attached hydrogens (tertiary/aromatic N) is 1. The summed E-state index contributed by atoms with van der Waals surface area (Å²) in [6.07, 6.45) is 2.85. The van der Waals surface area contributed by atoms with Gasteiger partial charge in [-0.1, -0.05) is 25.1 Å². The number of likely N-dealkylation sites (tertiary alicyclic amines) is 1. The van der Waals surface area contributed by atoms with Crippen molar-refractivity contribution < 1.29 is 19.4 Å². The molecule has 0 radical (unpaired) electrons. The molecule has 2 fully saturated rings. The molecule has 0 bridgehead atoms. The normalized spacial score (nSPS) is 24.6. The lowest BCUT2D eigenvalue weighted by Crippen LogP contribution is -2.34. The summed E-state index contributed by atoms with van der Waals surface area (Å²) in [7, 11) is 0. The van der Waals surface area contributed by atoms with Crippen LogP contribution in [0.3, 0.4) is 0 Å². The molecule has 5 nitrogen and oxygen atoms in total. The van der Waals surface area contributed by atoms with Crippen LogP contribution >= 0.6 is 0 Å². The summed E-state index contributed by atoms with van der Waals surface area (Å²) >= 11 is 0. The predicted octanol–water partition coefficient (Wildman–Crippen LogP) is 2.66. The number of carbonyl (C=O) groups is 2. The highest BCUT2D eigenvalue weighted by atomic mass is 16.5. The molecule has 3 rings (SSSR count). The number of para-hydroxylation sites is 1. The number of hydrogen-bond acceptors (Lipinski definition) is 3. The minimum absolute atomic E-state index is 0.0565. The van der Waals surface area contributed by atoms with Gasteiger partial charge < -0.3 is 14.7 Å². The van der Waals surface area contributed by atoms with Gasteiger partial charge in [0.2, 0.25) is 5.91 Å². The maximum Gasteiger partial charge on any atom is 0.308 e. The number of carboxylic acid groups (broad SMARTS) is 1. The van der Waals surface area contributed by atoms with Gasteiger partial charge in [0.25, 0.3) is 0 Å². The van der Waals surface area contributed by atoms with E-state index in [1.807, 2.05) is 37.3 Å². The minimum Gasteiger partial charge on any atom is -0.494 e. The molecular weight excluding hydrogens is 306 g/mol. The number of carboxylic acids is 1. The van der Waals surface area contributed by atoms with E-state index in [0.717, 1.165) is 18.6 Å². The van der Waals surface area contributed by atoms with Crippen LogP contribution < -0.4 is 4.74 Å². The summed E-state index contributed by atoms with van der Waals surface area (Å²) in [6.45, 7) is 3.35. The molecule has 1 saturated heterocycles. The molecule has 130 valence electrons. The van der Waals surface area contributed by atoms with E-state index < -0.39 is 11.9 Å². The van der Waals surface area contributed by atoms with E-state index in [1.165, 1.54) is 0 Å². The summed E-state index contributed by atoms with van der Waals surface area (Å²) in [5.41, 5.74) is 0. The SMILES string of the molecule is CC(CCOc1ccccc1)C(=O)N1C[C@H](C(=O)O)[C@@H](C2CC2)C1. The van der Waals surface area contributed by atoms with Gasteiger partial charge >= 0.3 is 5.97 Å². The van der Waals surface area contributed by atoms with Crippen LogP contribution in [0.25, 0.3) is 0 Å². The van der Waals surface area contributed by atoms with Gasteiger partial charge in [-0.2, -0.15) is 0 Å². The average molecular weight is 331 g/mol. The Morgan fingerprint density at radius 2 is 1.96 bits per heavy atom. The zero-order valence-electron chi connectivity index (χ0n) is 14.1. The van der Waals surface area contributed by atoms with Gasteiger partial charge in [-0.25, -0.2) is 0 Å². The van der Waals surface area contributed by atoms with Crippen LogP contribution in [0.15, 0.2) is 30.3 Å². The second-order valence-electron chi connectivity index (χ2n) is 7.04. The fourth-order valence-electron chi connectivity index (χ4n) is 3.58. The van der Waals surface area contributed by atoms with Crippen LogP contribution in [-0.2, 0) is 9.59 Å². The molecule has 1 N–H and O–H groups in total. The lowest BCUT2D eigenvalue weighted by Gasteiger charge is -2.21. The summed E-state index contributed by atoms with van der Waals surface area (Å²) in [5, 5.41) is 9.41. The molecule has 1 heterocycles. The Balaban J connectivity index is 1.49. The fourth-order valence-corrected chi connectivity index (χ4v) is 3.58. The Morgan fingerprint density at radius 3 is 2.58 bits per heavy atom. The quantitative estimate of drug-likeness (QED) is 0.834. The number of benzene rings is 1. The van der Waals surface area contributed by atoms with Crippen LogP contribution in [-0.4, -0.2) is 41.6 Å². The van der Waals surface area contributed by atoms with Crippen molar-refractivity contribution >= 4 is 11.9 Å². The number of aliphatic carboxylic acids is 1. The molecule has 1 aliphatic heterocycles. The second kappa shape index (κ2) is 7.24. The fraction of sp³-hybridized carbons (Fsp3) is 0.579. The number of hydrogen-bond donors (Lipinski definition) is 1. The molecule has 3 atom stereocenters. The molecule has 1 aromatic rings. The third kappa shape index (κ3) is 3.89. The van der Waals surface area contributed by atoms with Crippen molar-refractivity contribution in [1.82, 2.24) is 4.90 Å². The van der Waals surface area contributed by atoms with Crippen LogP contribution in [0.4, 0.5) is 0 Å². The molecule has 0 spiro atoms. The smallest absolute Gasteiger partial charge is 0.308 e. The molecule has 1 unspecified atom stereocenters. The monoisotopic (exact) mass is 331 g/mol. The Kier molecular flexibility index (Phi) is 5.07. The summed E-state index contributed by atoms with van der Waals surface area (Å²) in [4.78, 5) is 25.8. The predicted molar refractivity (Wildman–Crippen MR) is 89.6 cm³/mol. The van der Waals surface area contributed by atoms with E-state index in [9.17, 15) is 14.7 Å². The lowest BCUT2D eigenvalue weighted by molar-refractivity contribution is -0.143. The molecule has 1 saturated carbocycles. The van der Waals surface area contributed by atoms with Crippen molar-refractivity contribution in [3.05, 3.63) is 30.3 Å². The van der Waals surface area contributed by atoms with Crippen molar-refractivity contribution in [3.8, 4) is 5.75 Å². The molecular formula is C19H25NO4. The van der Waals surface area contributed by atoms with Crippen molar-refractivity contribution in [1.29, 1.82) is 0 Å². The Labute approximate surface area is 142 Å². The molecule has 2 aliphatic rings. The highest BCUT2D eigenvalue weighted by molar-refractivity contribution is 5.80. The highest BCUT2D eigenvalue weighted by Crippen LogP contribution is 2.44. The zero-order chi connectivity index (χ0) is 17.1. The first-order chi connectivity index (χ1) is 11.6. The summed E-state index contributed by atoms with van der Waals surface area (Å²) in [6, 6.07) is 9.55. The Hall–Kier alpha value is -2.04. The van der Waals surface area contributed by atoms with E-state index in [1.54, 1.807) is 4.90 Å². The third-order valence-electron chi connectivity index (χ3n) is 5.21. The lowest BCUT2D eigenvalue weighted by atomic mass is 9.92. The first-order valence-corrected chi connectivity index (χ1v) is 8.75. The minimum atomic E-state index is -0.762. The van der Waals surface area contributed by atoms with Crippen LogP contribution in [0, 0.1) is 23.7 Å². The zero-order valence-corrected chi connectivity index (χ0v) is 14.1. The van der Waals surface area contributed by atoms with Crippen LogP contribution in [0.2, 0.25) is 0 Å². The van der Waals surface area contributed by atoms with Crippen LogP contribution in [0.5, 0.6) is 5.75 Å². The summed E-state index contributed by atoms with van der Waals surface area (Å²) < 4.78 is 5.65. The molecule has 24 heavy (non-hydrogen) atoms. The number of ether oxygens (including phenoxy) is 1. The highest BCUT2D eigenvalue weighted by Gasteiger charge is 2.47. The standard InChI is InChI=1S/C19H25NO4/c1-13(9-10-24-15-5-3-2-4-6-15)18(21)20-11-16(14-7-8-14)17(12-20)19(22)23/h2-6,13-14,16-17H,7-12H2,1H3,(H,22,23)/t13?,16-,17+/m1/s1. The Bertz CT molecular complexity index is 584. The maximum atomic E-state index is 12.6. The van der Waals surface area contributed by atoms with Gasteiger partial charge in [-0.3, -0.25) is 9.59 Å². The van der Waals surface area contributed by atoms with Crippen molar-refractivity contribution in [2.24, 2.45) is 23.7 Å². The van der Waals surface area contributed by atoms with Gasteiger partial charge in [-0.05, 0) is 43.2 Å². The van der Waals surface area contributed by atoms with Crippen molar-refractivity contribution in [2.75, 3.05) is 19.7 Å². The van der Waals surface area contributed by atoms with Gasteiger partial charge in [0.05, 0.1) is 12.5 Å². The second-order valence-corrected chi connectivity index (χ2v) is 7.04. The number of amides is 1. The van der Waals surface area contributed by atoms with E-state index in [4.69, 9.17) is 4.74 Å². The third-order valence-corrected chi connectivity index (χ3v) is 5.21. The van der Waals surface area contributed by atoms with E-state index >= 15 is 0 Å². The van der Waals surface area contributed by atoms with E-state index in [-0.39, 0.29) is 17.7 Å².